The van der Waals surface area contributed by atoms with Crippen molar-refractivity contribution in [2.24, 2.45) is 0 Å². The Hall–Kier alpha value is -2.94. The Morgan fingerprint density at radius 2 is 1.97 bits per heavy atom. The highest BCUT2D eigenvalue weighted by molar-refractivity contribution is 7.80. The number of pyridine rings is 1. The lowest BCUT2D eigenvalue weighted by molar-refractivity contribution is 0.0357. The first kappa shape index (κ1) is 24.2. The van der Waals surface area contributed by atoms with E-state index in [9.17, 15) is 4.79 Å². The molecule has 2 N–H and O–H groups in total. The zero-order chi connectivity index (χ0) is 23.9. The van der Waals surface area contributed by atoms with Crippen molar-refractivity contribution in [3.05, 3.63) is 76.1 Å². The normalized spacial score (nSPS) is 15.1. The third-order valence-corrected chi connectivity index (χ3v) is 6.58. The van der Waals surface area contributed by atoms with Crippen LogP contribution in [0.25, 0.3) is 10.9 Å². The number of fused-ring (bicyclic) bond motifs is 1. The first-order valence-corrected chi connectivity index (χ1v) is 12.0. The van der Waals surface area contributed by atoms with Gasteiger partial charge in [0, 0.05) is 37.8 Å². The second kappa shape index (κ2) is 11.5. The molecule has 0 spiro atoms. The molecule has 1 saturated heterocycles. The van der Waals surface area contributed by atoms with Crippen LogP contribution in [0.15, 0.2) is 59.4 Å². The summed E-state index contributed by atoms with van der Waals surface area (Å²) in [4.78, 5) is 20.4. The average molecular weight is 481 g/mol. The Bertz CT molecular complexity index is 1160. The molecule has 2 aromatic carbocycles. The lowest BCUT2D eigenvalue weighted by Crippen LogP contribution is -2.46. The van der Waals surface area contributed by atoms with Crippen molar-refractivity contribution in [3.63, 3.8) is 0 Å². The molecular weight excluding hydrogens is 448 g/mol. The number of aromatic nitrogens is 1. The Morgan fingerprint density at radius 1 is 1.21 bits per heavy atom. The zero-order valence-electron chi connectivity index (χ0n) is 19.8. The van der Waals surface area contributed by atoms with E-state index < -0.39 is 0 Å². The number of nitrogens with zero attached hydrogens (tertiary/aromatic N) is 2. The Morgan fingerprint density at radius 3 is 2.71 bits per heavy atom. The first-order valence-electron chi connectivity index (χ1n) is 11.6. The number of rotatable bonds is 8. The van der Waals surface area contributed by atoms with E-state index in [-0.39, 0.29) is 11.6 Å². The van der Waals surface area contributed by atoms with Crippen molar-refractivity contribution in [1.82, 2.24) is 20.1 Å². The fourth-order valence-electron chi connectivity index (χ4n) is 4.12. The van der Waals surface area contributed by atoms with Crippen LogP contribution in [-0.2, 0) is 11.3 Å². The molecule has 180 valence electrons. The highest BCUT2D eigenvalue weighted by atomic mass is 32.1. The van der Waals surface area contributed by atoms with Gasteiger partial charge >= 0.3 is 0 Å². The number of nitrogens with one attached hydrogen (secondary N) is 2. The van der Waals surface area contributed by atoms with Crippen LogP contribution in [0.3, 0.4) is 0 Å². The van der Waals surface area contributed by atoms with Gasteiger partial charge in [-0.2, -0.15) is 0 Å². The molecule has 0 aliphatic carbocycles. The van der Waals surface area contributed by atoms with Gasteiger partial charge in [0.1, 0.15) is 5.75 Å². The number of morpholine rings is 1. The number of aromatic amines is 1. The molecule has 2 heterocycles. The van der Waals surface area contributed by atoms with Crippen LogP contribution in [0.5, 0.6) is 5.75 Å². The van der Waals surface area contributed by atoms with E-state index in [0.29, 0.717) is 29.5 Å². The maximum atomic E-state index is 12.9. The molecule has 0 unspecified atom stereocenters. The Kier molecular flexibility index (Phi) is 8.16. The fourth-order valence-corrected chi connectivity index (χ4v) is 4.45. The minimum absolute atomic E-state index is 0.0574. The summed E-state index contributed by atoms with van der Waals surface area (Å²) in [6, 6.07) is 17.9. The molecule has 8 heteroatoms. The first-order chi connectivity index (χ1) is 16.5. The predicted octanol–water partition coefficient (Wildman–Crippen LogP) is 3.31. The summed E-state index contributed by atoms with van der Waals surface area (Å²) in [5.41, 5.74) is 2.48. The SMILES string of the molecule is COc1ccc2cc(CN(CCN3CCOCC3)C(=S)N[C@@H](C)c3ccccc3)c(=O)[nH]c2c1. The van der Waals surface area contributed by atoms with E-state index >= 15 is 0 Å². The minimum atomic E-state index is -0.115. The van der Waals surface area contributed by atoms with Crippen LogP contribution in [0.2, 0.25) is 0 Å². The van der Waals surface area contributed by atoms with Gasteiger partial charge in [0.25, 0.3) is 5.56 Å². The molecule has 0 bridgehead atoms. The predicted molar refractivity (Wildman–Crippen MR) is 139 cm³/mol. The van der Waals surface area contributed by atoms with E-state index in [0.717, 1.165) is 49.3 Å². The van der Waals surface area contributed by atoms with Crippen molar-refractivity contribution in [2.75, 3.05) is 46.5 Å². The third kappa shape index (κ3) is 6.14. The number of thiocarbonyl (C=S) groups is 1. The van der Waals surface area contributed by atoms with Gasteiger partial charge in [-0.3, -0.25) is 9.69 Å². The van der Waals surface area contributed by atoms with Crippen LogP contribution in [-0.4, -0.2) is 66.4 Å². The van der Waals surface area contributed by atoms with Crippen LogP contribution in [0, 0.1) is 0 Å². The van der Waals surface area contributed by atoms with E-state index in [1.807, 2.05) is 42.5 Å². The van der Waals surface area contributed by atoms with Crippen LogP contribution in [0.1, 0.15) is 24.1 Å². The maximum Gasteiger partial charge on any atom is 0.253 e. The van der Waals surface area contributed by atoms with E-state index in [4.69, 9.17) is 21.7 Å². The summed E-state index contributed by atoms with van der Waals surface area (Å²) in [7, 11) is 1.62. The number of ether oxygens (including phenoxy) is 2. The highest BCUT2D eigenvalue weighted by Gasteiger charge is 2.18. The van der Waals surface area contributed by atoms with Crippen molar-refractivity contribution in [2.45, 2.75) is 19.5 Å². The molecule has 0 radical (unpaired) electrons. The molecule has 7 nitrogen and oxygen atoms in total. The van der Waals surface area contributed by atoms with Crippen LogP contribution in [0.4, 0.5) is 0 Å². The van der Waals surface area contributed by atoms with E-state index in [2.05, 4.69) is 39.2 Å². The van der Waals surface area contributed by atoms with Gasteiger partial charge in [0.2, 0.25) is 0 Å². The summed E-state index contributed by atoms with van der Waals surface area (Å²) >= 11 is 5.83. The summed E-state index contributed by atoms with van der Waals surface area (Å²) in [6.45, 7) is 7.41. The van der Waals surface area contributed by atoms with Crippen molar-refractivity contribution in [3.8, 4) is 5.75 Å². The number of H-pyrrole nitrogens is 1. The van der Waals surface area contributed by atoms with Gasteiger partial charge in [-0.25, -0.2) is 0 Å². The molecule has 0 saturated carbocycles. The monoisotopic (exact) mass is 480 g/mol. The molecule has 4 rings (SSSR count). The Labute approximate surface area is 205 Å². The highest BCUT2D eigenvalue weighted by Crippen LogP contribution is 2.19. The number of hydrogen-bond donors (Lipinski definition) is 2. The lowest BCUT2D eigenvalue weighted by Gasteiger charge is -2.32. The minimum Gasteiger partial charge on any atom is -0.497 e. The quantitative estimate of drug-likeness (QED) is 0.480. The lowest BCUT2D eigenvalue weighted by atomic mass is 10.1. The van der Waals surface area contributed by atoms with Gasteiger partial charge < -0.3 is 24.7 Å². The number of benzene rings is 2. The fraction of sp³-hybridized carbons (Fsp3) is 0.385. The molecule has 1 fully saturated rings. The number of hydrogen-bond acceptors (Lipinski definition) is 5. The summed E-state index contributed by atoms with van der Waals surface area (Å²) in [5, 5.41) is 5.06. The van der Waals surface area contributed by atoms with Gasteiger partial charge in [-0.1, -0.05) is 30.3 Å². The van der Waals surface area contributed by atoms with Crippen molar-refractivity contribution >= 4 is 28.2 Å². The van der Waals surface area contributed by atoms with E-state index in [1.165, 1.54) is 0 Å². The van der Waals surface area contributed by atoms with E-state index in [1.54, 1.807) is 7.11 Å². The van der Waals surface area contributed by atoms with Gasteiger partial charge in [0.15, 0.2) is 5.11 Å². The summed E-state index contributed by atoms with van der Waals surface area (Å²) in [6.07, 6.45) is 0. The van der Waals surface area contributed by atoms with Gasteiger partial charge in [-0.05, 0) is 48.3 Å². The topological polar surface area (TPSA) is 69.8 Å². The second-order valence-corrected chi connectivity index (χ2v) is 8.92. The van der Waals surface area contributed by atoms with Crippen molar-refractivity contribution < 1.29 is 9.47 Å². The molecule has 1 atom stereocenters. The molecule has 1 aliphatic heterocycles. The maximum absolute atomic E-state index is 12.9. The average Bonchev–Trinajstić information content (AvgIpc) is 2.87. The molecule has 3 aromatic rings. The summed E-state index contributed by atoms with van der Waals surface area (Å²) < 4.78 is 10.8. The second-order valence-electron chi connectivity index (χ2n) is 8.53. The van der Waals surface area contributed by atoms with Crippen molar-refractivity contribution in [1.29, 1.82) is 0 Å². The molecule has 34 heavy (non-hydrogen) atoms. The van der Waals surface area contributed by atoms with Crippen LogP contribution >= 0.6 is 12.2 Å². The molecule has 0 amide bonds. The van der Waals surface area contributed by atoms with Crippen LogP contribution < -0.4 is 15.6 Å². The molecule has 1 aliphatic rings. The summed E-state index contributed by atoms with van der Waals surface area (Å²) in [5.74, 6) is 0.711. The number of methoxy groups -OCH3 is 1. The van der Waals surface area contributed by atoms with Gasteiger partial charge in [-0.15, -0.1) is 0 Å². The third-order valence-electron chi connectivity index (χ3n) is 6.21. The molecular formula is C26H32N4O3S. The smallest absolute Gasteiger partial charge is 0.253 e. The van der Waals surface area contributed by atoms with Gasteiger partial charge in [0.05, 0.1) is 38.4 Å². The Balaban J connectivity index is 1.53. The zero-order valence-corrected chi connectivity index (χ0v) is 20.6. The largest absolute Gasteiger partial charge is 0.497 e. The standard InChI is InChI=1S/C26H32N4O3S/c1-19(20-6-4-3-5-7-20)27-26(34)30(11-10-29-12-14-33-15-13-29)18-22-16-21-8-9-23(32-2)17-24(21)28-25(22)31/h3-9,16-17,19H,10-15,18H2,1-2H3,(H,27,34)(H,28,31)/t19-/m0/s1. The molecule has 1 aromatic heterocycles.